The fraction of sp³-hybridized carbons (Fsp3) is 0.435. The highest BCUT2D eigenvalue weighted by atomic mass is 16.4. The Balaban J connectivity index is 1.96. The van der Waals surface area contributed by atoms with Gasteiger partial charge < -0.3 is 5.11 Å². The number of allylic oxidation sites excluding steroid dienone is 4. The zero-order valence-electron chi connectivity index (χ0n) is 15.6. The van der Waals surface area contributed by atoms with Gasteiger partial charge in [-0.3, -0.25) is 4.79 Å². The Kier molecular flexibility index (Phi) is 6.65. The second kappa shape index (κ2) is 8.72. The SMILES string of the molecule is CC1=C(C=CC#Cc2ccc(CCCC(=O)O)cc2)C(C)(C)CCC1. The largest absolute Gasteiger partial charge is 0.481 e. The van der Waals surface area contributed by atoms with Gasteiger partial charge in [-0.1, -0.05) is 49.5 Å². The van der Waals surface area contributed by atoms with E-state index in [1.807, 2.05) is 30.3 Å². The van der Waals surface area contributed by atoms with Crippen molar-refractivity contribution in [3.05, 3.63) is 58.7 Å². The van der Waals surface area contributed by atoms with Crippen LogP contribution in [0.4, 0.5) is 0 Å². The third-order valence-corrected chi connectivity index (χ3v) is 4.90. The first-order chi connectivity index (χ1) is 11.9. The lowest BCUT2D eigenvalue weighted by molar-refractivity contribution is -0.137. The van der Waals surface area contributed by atoms with Gasteiger partial charge in [-0.15, -0.1) is 0 Å². The second-order valence-electron chi connectivity index (χ2n) is 7.48. The van der Waals surface area contributed by atoms with Crippen molar-refractivity contribution in [1.29, 1.82) is 0 Å². The quantitative estimate of drug-likeness (QED) is 0.718. The van der Waals surface area contributed by atoms with Gasteiger partial charge >= 0.3 is 5.97 Å². The van der Waals surface area contributed by atoms with Crippen molar-refractivity contribution < 1.29 is 9.90 Å². The Hall–Kier alpha value is -2.27. The van der Waals surface area contributed by atoms with E-state index in [1.165, 1.54) is 30.4 Å². The summed E-state index contributed by atoms with van der Waals surface area (Å²) in [5.74, 6) is 5.58. The van der Waals surface area contributed by atoms with E-state index in [-0.39, 0.29) is 11.8 Å². The molecule has 1 aliphatic carbocycles. The van der Waals surface area contributed by atoms with Crippen molar-refractivity contribution in [3.8, 4) is 11.8 Å². The first-order valence-electron chi connectivity index (χ1n) is 9.07. The highest BCUT2D eigenvalue weighted by Crippen LogP contribution is 2.40. The average Bonchev–Trinajstić information content (AvgIpc) is 2.54. The minimum Gasteiger partial charge on any atom is -0.481 e. The van der Waals surface area contributed by atoms with Crippen molar-refractivity contribution in [2.45, 2.75) is 59.3 Å². The molecule has 0 heterocycles. The third-order valence-electron chi connectivity index (χ3n) is 4.90. The maximum absolute atomic E-state index is 10.5. The van der Waals surface area contributed by atoms with Gasteiger partial charge in [-0.05, 0) is 73.8 Å². The second-order valence-corrected chi connectivity index (χ2v) is 7.48. The lowest BCUT2D eigenvalue weighted by atomic mass is 9.73. The van der Waals surface area contributed by atoms with E-state index in [0.717, 1.165) is 17.5 Å². The maximum Gasteiger partial charge on any atom is 0.303 e. The first kappa shape index (κ1) is 19.1. The Morgan fingerprint density at radius 2 is 2.00 bits per heavy atom. The lowest BCUT2D eigenvalue weighted by Crippen LogP contribution is -2.18. The van der Waals surface area contributed by atoms with E-state index < -0.39 is 5.97 Å². The molecule has 0 aromatic heterocycles. The Morgan fingerprint density at radius 3 is 2.64 bits per heavy atom. The number of hydrogen-bond donors (Lipinski definition) is 1. The fourth-order valence-corrected chi connectivity index (χ4v) is 3.46. The van der Waals surface area contributed by atoms with Crippen LogP contribution in [0.5, 0.6) is 0 Å². The van der Waals surface area contributed by atoms with E-state index in [1.54, 1.807) is 0 Å². The normalized spacial score (nSPS) is 16.6. The zero-order chi connectivity index (χ0) is 18.3. The number of aliphatic carboxylic acids is 1. The summed E-state index contributed by atoms with van der Waals surface area (Å²) >= 11 is 0. The van der Waals surface area contributed by atoms with Crippen LogP contribution in [0.15, 0.2) is 47.6 Å². The molecule has 2 heteroatoms. The van der Waals surface area contributed by atoms with Crippen LogP contribution in [-0.4, -0.2) is 11.1 Å². The van der Waals surface area contributed by atoms with E-state index in [0.29, 0.717) is 6.42 Å². The number of carboxylic acids is 1. The molecule has 2 rings (SSSR count). The molecule has 0 bridgehead atoms. The van der Waals surface area contributed by atoms with E-state index in [9.17, 15) is 4.79 Å². The van der Waals surface area contributed by atoms with Crippen LogP contribution in [0.3, 0.4) is 0 Å². The van der Waals surface area contributed by atoms with Gasteiger partial charge in [-0.2, -0.15) is 0 Å². The Labute approximate surface area is 151 Å². The fourth-order valence-electron chi connectivity index (χ4n) is 3.46. The van der Waals surface area contributed by atoms with Crippen LogP contribution in [0.25, 0.3) is 0 Å². The molecule has 0 fully saturated rings. The molecule has 1 aliphatic rings. The summed E-state index contributed by atoms with van der Waals surface area (Å²) in [4.78, 5) is 10.5. The summed E-state index contributed by atoms with van der Waals surface area (Å²) in [7, 11) is 0. The summed E-state index contributed by atoms with van der Waals surface area (Å²) in [6.45, 7) is 6.86. The predicted octanol–water partition coefficient (Wildman–Crippen LogP) is 5.53. The summed E-state index contributed by atoms with van der Waals surface area (Å²) in [5.41, 5.74) is 5.31. The molecule has 0 saturated heterocycles. The molecular formula is C23H28O2. The molecule has 1 aromatic carbocycles. The number of hydrogen-bond acceptors (Lipinski definition) is 1. The zero-order valence-corrected chi connectivity index (χ0v) is 15.6. The number of rotatable bonds is 5. The Bertz CT molecular complexity index is 722. The van der Waals surface area contributed by atoms with E-state index in [2.05, 4.69) is 38.7 Å². The molecule has 0 radical (unpaired) electrons. The molecule has 132 valence electrons. The molecule has 0 saturated carbocycles. The number of aryl methyl sites for hydroxylation is 1. The molecule has 0 unspecified atom stereocenters. The number of carboxylic acid groups (broad SMARTS) is 1. The monoisotopic (exact) mass is 336 g/mol. The third kappa shape index (κ3) is 5.94. The summed E-state index contributed by atoms with van der Waals surface area (Å²) < 4.78 is 0. The Morgan fingerprint density at radius 1 is 1.28 bits per heavy atom. The predicted molar refractivity (Wildman–Crippen MR) is 103 cm³/mol. The molecule has 0 aliphatic heterocycles. The lowest BCUT2D eigenvalue weighted by Gasteiger charge is -2.32. The summed E-state index contributed by atoms with van der Waals surface area (Å²) in [6.07, 6.45) is 9.55. The molecule has 2 nitrogen and oxygen atoms in total. The highest BCUT2D eigenvalue weighted by Gasteiger charge is 2.26. The van der Waals surface area contributed by atoms with Gasteiger partial charge in [-0.25, -0.2) is 0 Å². The first-order valence-corrected chi connectivity index (χ1v) is 9.07. The van der Waals surface area contributed by atoms with Gasteiger partial charge in [0.05, 0.1) is 0 Å². The average molecular weight is 336 g/mol. The van der Waals surface area contributed by atoms with Crippen LogP contribution in [0, 0.1) is 17.3 Å². The smallest absolute Gasteiger partial charge is 0.303 e. The summed E-state index contributed by atoms with van der Waals surface area (Å²) in [5, 5.41) is 8.67. The number of benzene rings is 1. The molecule has 0 amide bonds. The van der Waals surface area contributed by atoms with Crippen molar-refractivity contribution in [1.82, 2.24) is 0 Å². The topological polar surface area (TPSA) is 37.3 Å². The molecule has 0 atom stereocenters. The van der Waals surface area contributed by atoms with Crippen LogP contribution >= 0.6 is 0 Å². The van der Waals surface area contributed by atoms with E-state index in [4.69, 9.17) is 5.11 Å². The molecule has 0 spiro atoms. The van der Waals surface area contributed by atoms with Crippen molar-refractivity contribution >= 4 is 5.97 Å². The van der Waals surface area contributed by atoms with Gasteiger partial charge in [0, 0.05) is 12.0 Å². The van der Waals surface area contributed by atoms with Crippen LogP contribution < -0.4 is 0 Å². The standard InChI is InChI=1S/C23H28O2/c1-18-8-7-17-23(2,3)21(18)11-5-4-9-19-13-15-20(16-14-19)10-6-12-22(24)25/h5,11,13-16H,6-8,10,12,17H2,1-3H3,(H,24,25). The summed E-state index contributed by atoms with van der Waals surface area (Å²) in [6, 6.07) is 8.08. The van der Waals surface area contributed by atoms with Gasteiger partial charge in [0.2, 0.25) is 0 Å². The molecule has 1 N–H and O–H groups in total. The molecule has 1 aromatic rings. The molecule has 25 heavy (non-hydrogen) atoms. The van der Waals surface area contributed by atoms with Crippen molar-refractivity contribution in [3.63, 3.8) is 0 Å². The highest BCUT2D eigenvalue weighted by molar-refractivity contribution is 5.66. The van der Waals surface area contributed by atoms with Gasteiger partial charge in [0.15, 0.2) is 0 Å². The minimum absolute atomic E-state index is 0.220. The number of carbonyl (C=O) groups is 1. The molecular weight excluding hydrogens is 308 g/mol. The maximum atomic E-state index is 10.5. The van der Waals surface area contributed by atoms with Crippen molar-refractivity contribution in [2.75, 3.05) is 0 Å². The van der Waals surface area contributed by atoms with Gasteiger partial charge in [0.25, 0.3) is 0 Å². The van der Waals surface area contributed by atoms with E-state index >= 15 is 0 Å². The van der Waals surface area contributed by atoms with Gasteiger partial charge in [0.1, 0.15) is 0 Å². The van der Waals surface area contributed by atoms with Crippen LogP contribution in [0.2, 0.25) is 0 Å². The van der Waals surface area contributed by atoms with Crippen molar-refractivity contribution in [2.24, 2.45) is 5.41 Å². The minimum atomic E-state index is -0.735. The van der Waals surface area contributed by atoms with Crippen LogP contribution in [0.1, 0.15) is 64.0 Å². The van der Waals surface area contributed by atoms with Crippen LogP contribution in [-0.2, 0) is 11.2 Å².